The van der Waals surface area contributed by atoms with Gasteiger partial charge in [0.15, 0.2) is 0 Å². The van der Waals surface area contributed by atoms with Crippen LogP contribution in [-0.2, 0) is 9.84 Å². The number of allylic oxidation sites excluding steroid dienone is 1. The molecular formula is C10H9N3O2S. The molecule has 0 aliphatic carbocycles. The number of nitrogens with zero attached hydrogens (tertiary/aromatic N) is 3. The maximum atomic E-state index is 11.7. The summed E-state index contributed by atoms with van der Waals surface area (Å²) in [5.41, 5.74) is 10.7. The van der Waals surface area contributed by atoms with E-state index >= 15 is 0 Å². The predicted molar refractivity (Wildman–Crippen MR) is 60.0 cm³/mol. The third-order valence-electron chi connectivity index (χ3n) is 1.69. The van der Waals surface area contributed by atoms with Gasteiger partial charge in [-0.15, -0.1) is 5.73 Å². The van der Waals surface area contributed by atoms with Crippen molar-refractivity contribution >= 4 is 9.84 Å². The van der Waals surface area contributed by atoms with Crippen LogP contribution in [0.4, 0.5) is 0 Å². The quantitative estimate of drug-likeness (QED) is 0.349. The van der Waals surface area contributed by atoms with Gasteiger partial charge in [0.2, 0.25) is 9.84 Å². The number of azide groups is 1. The molecule has 0 unspecified atom stereocenters. The molecule has 0 aromatic heterocycles. The van der Waals surface area contributed by atoms with Gasteiger partial charge in [-0.25, -0.2) is 8.42 Å². The SMILES string of the molecule is CC(=C=CS(=O)(=O)c1ccccc1)N=[N+]=[N-]. The summed E-state index contributed by atoms with van der Waals surface area (Å²) in [7, 11) is -3.51. The van der Waals surface area contributed by atoms with Crippen molar-refractivity contribution in [1.29, 1.82) is 0 Å². The Morgan fingerprint density at radius 2 is 2.06 bits per heavy atom. The standard InChI is InChI=1S/C10H9N3O2S/c1-9(12-13-11)7-8-16(14,15)10-5-3-2-4-6-10/h2-6,8H,1H3. The third kappa shape index (κ3) is 3.29. The minimum absolute atomic E-state index is 0.169. The van der Waals surface area contributed by atoms with E-state index in [1.165, 1.54) is 19.1 Å². The van der Waals surface area contributed by atoms with Crippen LogP contribution >= 0.6 is 0 Å². The van der Waals surface area contributed by atoms with E-state index in [-0.39, 0.29) is 10.6 Å². The summed E-state index contributed by atoms with van der Waals surface area (Å²) < 4.78 is 23.3. The molecule has 0 saturated carbocycles. The van der Waals surface area contributed by atoms with E-state index in [2.05, 4.69) is 15.8 Å². The molecule has 0 atom stereocenters. The van der Waals surface area contributed by atoms with Gasteiger partial charge in [0.05, 0.1) is 16.0 Å². The number of rotatable bonds is 3. The highest BCUT2D eigenvalue weighted by Crippen LogP contribution is 2.10. The Morgan fingerprint density at radius 1 is 1.44 bits per heavy atom. The van der Waals surface area contributed by atoms with Gasteiger partial charge in [0.1, 0.15) is 0 Å². The Bertz CT molecular complexity index is 578. The van der Waals surface area contributed by atoms with Gasteiger partial charge in [-0.3, -0.25) is 0 Å². The Kier molecular flexibility index (Phi) is 3.91. The second kappa shape index (κ2) is 5.19. The first kappa shape index (κ1) is 12.1. The van der Waals surface area contributed by atoms with Crippen LogP contribution in [0.3, 0.4) is 0 Å². The highest BCUT2D eigenvalue weighted by atomic mass is 32.2. The lowest BCUT2D eigenvalue weighted by molar-refractivity contribution is 0.604. The molecule has 0 saturated heterocycles. The highest BCUT2D eigenvalue weighted by molar-refractivity contribution is 7.94. The monoisotopic (exact) mass is 235 g/mol. The number of hydrogen-bond acceptors (Lipinski definition) is 3. The topological polar surface area (TPSA) is 82.9 Å². The van der Waals surface area contributed by atoms with Crippen molar-refractivity contribution in [2.75, 3.05) is 0 Å². The van der Waals surface area contributed by atoms with Gasteiger partial charge in [0.25, 0.3) is 0 Å². The van der Waals surface area contributed by atoms with Crippen molar-refractivity contribution in [3.05, 3.63) is 57.6 Å². The fourth-order valence-corrected chi connectivity index (χ4v) is 1.94. The zero-order valence-electron chi connectivity index (χ0n) is 8.53. The third-order valence-corrected chi connectivity index (χ3v) is 3.05. The number of benzene rings is 1. The minimum atomic E-state index is -3.51. The van der Waals surface area contributed by atoms with Gasteiger partial charge < -0.3 is 0 Å². The van der Waals surface area contributed by atoms with Crippen molar-refractivity contribution in [1.82, 2.24) is 0 Å². The first-order chi connectivity index (χ1) is 7.56. The van der Waals surface area contributed by atoms with Crippen LogP contribution in [0.1, 0.15) is 6.92 Å². The molecule has 0 heterocycles. The predicted octanol–water partition coefficient (Wildman–Crippen LogP) is 2.79. The molecule has 5 nitrogen and oxygen atoms in total. The lowest BCUT2D eigenvalue weighted by Gasteiger charge is -1.95. The second-order valence-corrected chi connectivity index (χ2v) is 4.69. The van der Waals surface area contributed by atoms with Crippen molar-refractivity contribution in [2.24, 2.45) is 5.11 Å². The van der Waals surface area contributed by atoms with Crippen molar-refractivity contribution in [3.8, 4) is 0 Å². The van der Waals surface area contributed by atoms with E-state index in [0.29, 0.717) is 0 Å². The first-order valence-corrected chi connectivity index (χ1v) is 5.89. The van der Waals surface area contributed by atoms with Gasteiger partial charge in [-0.05, 0) is 24.6 Å². The highest BCUT2D eigenvalue weighted by Gasteiger charge is 2.08. The molecular weight excluding hydrogens is 226 g/mol. The molecule has 0 aliphatic rings. The van der Waals surface area contributed by atoms with Gasteiger partial charge >= 0.3 is 0 Å². The molecule has 0 fully saturated rings. The summed E-state index contributed by atoms with van der Waals surface area (Å²) in [5.74, 6) is 0. The Balaban J connectivity index is 3.16. The lowest BCUT2D eigenvalue weighted by atomic mass is 10.4. The first-order valence-electron chi connectivity index (χ1n) is 4.35. The van der Waals surface area contributed by atoms with E-state index in [1.807, 2.05) is 0 Å². The van der Waals surface area contributed by atoms with Crippen LogP contribution < -0.4 is 0 Å². The molecule has 1 aromatic rings. The molecule has 0 radical (unpaired) electrons. The average Bonchev–Trinajstić information content (AvgIpc) is 2.28. The van der Waals surface area contributed by atoms with Crippen molar-refractivity contribution in [3.63, 3.8) is 0 Å². The lowest BCUT2D eigenvalue weighted by Crippen LogP contribution is -1.94. The zero-order chi connectivity index (χ0) is 12.0. The Labute approximate surface area is 93.3 Å². The van der Waals surface area contributed by atoms with E-state index in [4.69, 9.17) is 5.53 Å². The van der Waals surface area contributed by atoms with E-state index in [9.17, 15) is 8.42 Å². The van der Waals surface area contributed by atoms with Gasteiger partial charge in [0, 0.05) is 4.91 Å². The normalized spacial score (nSPS) is 9.81. The van der Waals surface area contributed by atoms with Crippen LogP contribution in [-0.4, -0.2) is 8.42 Å². The van der Waals surface area contributed by atoms with Crippen LogP contribution in [0.25, 0.3) is 10.4 Å². The zero-order valence-corrected chi connectivity index (χ0v) is 9.35. The smallest absolute Gasteiger partial charge is 0.207 e. The van der Waals surface area contributed by atoms with Crippen LogP contribution in [0, 0.1) is 0 Å². The maximum Gasteiger partial charge on any atom is 0.207 e. The van der Waals surface area contributed by atoms with Crippen molar-refractivity contribution in [2.45, 2.75) is 11.8 Å². The Hall–Kier alpha value is -2.00. The molecule has 1 rings (SSSR count). The van der Waals surface area contributed by atoms with Crippen LogP contribution in [0.15, 0.2) is 57.2 Å². The molecule has 0 bridgehead atoms. The molecule has 82 valence electrons. The van der Waals surface area contributed by atoms with Gasteiger partial charge in [-0.1, -0.05) is 23.3 Å². The molecule has 0 aliphatic heterocycles. The van der Waals surface area contributed by atoms with E-state index in [0.717, 1.165) is 5.41 Å². The molecule has 0 amide bonds. The molecule has 0 spiro atoms. The van der Waals surface area contributed by atoms with Gasteiger partial charge in [-0.2, -0.15) is 0 Å². The molecule has 6 heteroatoms. The summed E-state index contributed by atoms with van der Waals surface area (Å²) >= 11 is 0. The Morgan fingerprint density at radius 3 is 2.62 bits per heavy atom. The summed E-state index contributed by atoms with van der Waals surface area (Å²) in [5, 5.41) is 4.11. The number of hydrogen-bond donors (Lipinski definition) is 0. The molecule has 1 aromatic carbocycles. The minimum Gasteiger partial charge on any atom is -0.218 e. The summed E-state index contributed by atoms with van der Waals surface area (Å²) in [6.45, 7) is 1.47. The van der Waals surface area contributed by atoms with E-state index in [1.54, 1.807) is 18.2 Å². The summed E-state index contributed by atoms with van der Waals surface area (Å²) in [4.78, 5) is 2.70. The fourth-order valence-electron chi connectivity index (χ4n) is 0.937. The average molecular weight is 235 g/mol. The van der Waals surface area contributed by atoms with Crippen LogP contribution in [0.5, 0.6) is 0 Å². The molecule has 0 N–H and O–H groups in total. The van der Waals surface area contributed by atoms with Crippen LogP contribution in [0.2, 0.25) is 0 Å². The maximum absolute atomic E-state index is 11.7. The molecule has 16 heavy (non-hydrogen) atoms. The second-order valence-electron chi connectivity index (χ2n) is 2.90. The summed E-state index contributed by atoms with van der Waals surface area (Å²) in [6.07, 6.45) is 0. The van der Waals surface area contributed by atoms with E-state index < -0.39 is 9.84 Å². The van der Waals surface area contributed by atoms with Crippen molar-refractivity contribution < 1.29 is 8.42 Å². The summed E-state index contributed by atoms with van der Waals surface area (Å²) in [6, 6.07) is 7.95. The largest absolute Gasteiger partial charge is 0.218 e. The number of sulfone groups is 1. The fraction of sp³-hybridized carbons (Fsp3) is 0.100.